The molecule has 1 N–H and O–H groups in total. The summed E-state index contributed by atoms with van der Waals surface area (Å²) in [6.07, 6.45) is -3.56. The van der Waals surface area contributed by atoms with Gasteiger partial charge in [0.25, 0.3) is 0 Å². The number of hydrogen-bond acceptors (Lipinski definition) is 5. The molecule has 4 nitrogen and oxygen atoms in total. The Morgan fingerprint density at radius 3 is 2.85 bits per heavy atom. The first-order valence-corrected chi connectivity index (χ1v) is 6.91. The van der Waals surface area contributed by atoms with Crippen molar-refractivity contribution in [2.75, 3.05) is 0 Å². The summed E-state index contributed by atoms with van der Waals surface area (Å²) in [5.74, 6) is -1.01. The van der Waals surface area contributed by atoms with Crippen molar-refractivity contribution in [2.45, 2.75) is 22.0 Å². The second-order valence-corrected chi connectivity index (χ2v) is 5.78. The summed E-state index contributed by atoms with van der Waals surface area (Å²) in [5.41, 5.74) is -0.408. The molecule has 0 saturated carbocycles. The third kappa shape index (κ3) is 3.94. The Bertz CT molecular complexity index is 628. The van der Waals surface area contributed by atoms with Crippen molar-refractivity contribution in [3.05, 3.63) is 35.0 Å². The zero-order chi connectivity index (χ0) is 14.8. The number of nitrogens with zero attached hydrogens (tertiary/aromatic N) is 2. The largest absolute Gasteiger partial charge is 0.481 e. The lowest BCUT2D eigenvalue weighted by Gasteiger charge is -2.06. The van der Waals surface area contributed by atoms with Crippen LogP contribution in [0.4, 0.5) is 13.2 Å². The highest BCUT2D eigenvalue weighted by Crippen LogP contribution is 2.34. The van der Waals surface area contributed by atoms with E-state index in [2.05, 4.69) is 9.97 Å². The van der Waals surface area contributed by atoms with E-state index in [0.717, 1.165) is 30.1 Å². The summed E-state index contributed by atoms with van der Waals surface area (Å²) in [6.45, 7) is 0. The van der Waals surface area contributed by atoms with Gasteiger partial charge in [-0.2, -0.15) is 13.2 Å². The summed E-state index contributed by atoms with van der Waals surface area (Å²) in [5, 5.41) is 10.3. The third-order valence-electron chi connectivity index (χ3n) is 2.12. The molecule has 0 aliphatic heterocycles. The van der Waals surface area contributed by atoms with Crippen molar-refractivity contribution in [3.63, 3.8) is 0 Å². The lowest BCUT2D eigenvalue weighted by atomic mass is 10.3. The maximum atomic E-state index is 12.5. The number of pyridine rings is 1. The smallest absolute Gasteiger partial charge is 0.416 e. The van der Waals surface area contributed by atoms with E-state index < -0.39 is 17.7 Å². The summed E-state index contributed by atoms with van der Waals surface area (Å²) in [7, 11) is 0. The summed E-state index contributed by atoms with van der Waals surface area (Å²) in [6, 6.07) is 1.82. The van der Waals surface area contributed by atoms with Crippen molar-refractivity contribution >= 4 is 29.1 Å². The fraction of sp³-hybridized carbons (Fsp3) is 0.182. The number of aliphatic carboxylic acids is 1. The molecule has 0 aromatic carbocycles. The quantitative estimate of drug-likeness (QED) is 0.936. The Morgan fingerprint density at radius 1 is 1.45 bits per heavy atom. The molecule has 0 amide bonds. The molecule has 0 aliphatic rings. The number of rotatable bonds is 4. The fourth-order valence-electron chi connectivity index (χ4n) is 1.30. The van der Waals surface area contributed by atoms with Gasteiger partial charge in [-0.05, 0) is 23.9 Å². The van der Waals surface area contributed by atoms with Crippen LogP contribution in [-0.2, 0) is 17.4 Å². The molecule has 0 atom stereocenters. The summed E-state index contributed by atoms with van der Waals surface area (Å²) >= 11 is 2.14. The number of alkyl halides is 3. The van der Waals surface area contributed by atoms with Gasteiger partial charge in [-0.3, -0.25) is 4.79 Å². The van der Waals surface area contributed by atoms with E-state index >= 15 is 0 Å². The Hall–Kier alpha value is -1.61. The van der Waals surface area contributed by atoms with Crippen LogP contribution in [0.5, 0.6) is 0 Å². The molecule has 0 unspecified atom stereocenters. The number of thiazole rings is 1. The number of carbonyl (C=O) groups is 1. The highest BCUT2D eigenvalue weighted by Gasteiger charge is 2.30. The van der Waals surface area contributed by atoms with Crippen LogP contribution in [0.25, 0.3) is 0 Å². The predicted octanol–water partition coefficient (Wildman–Crippen LogP) is 3.34. The van der Waals surface area contributed by atoms with Crippen molar-refractivity contribution in [1.29, 1.82) is 0 Å². The van der Waals surface area contributed by atoms with Gasteiger partial charge in [0.15, 0.2) is 4.34 Å². The number of hydrogen-bond donors (Lipinski definition) is 1. The second kappa shape index (κ2) is 5.80. The Balaban J connectivity index is 2.14. The lowest BCUT2D eigenvalue weighted by molar-refractivity contribution is -0.138. The van der Waals surface area contributed by atoms with Crippen LogP contribution in [0.3, 0.4) is 0 Å². The zero-order valence-electron chi connectivity index (χ0n) is 9.72. The van der Waals surface area contributed by atoms with Crippen LogP contribution in [0.1, 0.15) is 11.3 Å². The van der Waals surface area contributed by atoms with Gasteiger partial charge in [0.05, 0.1) is 17.7 Å². The van der Waals surface area contributed by atoms with Gasteiger partial charge < -0.3 is 5.11 Å². The fourth-order valence-corrected chi connectivity index (χ4v) is 3.08. The minimum Gasteiger partial charge on any atom is -0.481 e. The second-order valence-electron chi connectivity index (χ2n) is 3.66. The minimum absolute atomic E-state index is 0.163. The van der Waals surface area contributed by atoms with Gasteiger partial charge in [0.1, 0.15) is 5.03 Å². The number of halogens is 3. The van der Waals surface area contributed by atoms with Crippen LogP contribution in [0, 0.1) is 0 Å². The number of aromatic nitrogens is 2. The Kier molecular flexibility index (Phi) is 4.29. The van der Waals surface area contributed by atoms with Gasteiger partial charge in [0.2, 0.25) is 0 Å². The van der Waals surface area contributed by atoms with Crippen LogP contribution < -0.4 is 0 Å². The Morgan fingerprint density at radius 2 is 2.20 bits per heavy atom. The number of carboxylic acid groups (broad SMARTS) is 1. The van der Waals surface area contributed by atoms with Crippen molar-refractivity contribution in [3.8, 4) is 0 Å². The molecule has 0 bridgehead atoms. The topological polar surface area (TPSA) is 63.1 Å². The van der Waals surface area contributed by atoms with Gasteiger partial charge in [0, 0.05) is 11.6 Å². The monoisotopic (exact) mass is 320 g/mol. The van der Waals surface area contributed by atoms with E-state index in [0.29, 0.717) is 10.0 Å². The standard InChI is InChI=1S/C11H7F3N2O2S2/c12-11(13,14)6-1-2-15-8(3-6)20-10-16-7(5-19-10)4-9(17)18/h1-3,5H,4H2,(H,17,18). The highest BCUT2D eigenvalue weighted by molar-refractivity contribution is 8.01. The molecule has 20 heavy (non-hydrogen) atoms. The van der Waals surface area contributed by atoms with Crippen molar-refractivity contribution < 1.29 is 23.1 Å². The molecule has 0 aliphatic carbocycles. The lowest BCUT2D eigenvalue weighted by Crippen LogP contribution is -2.05. The first-order chi connectivity index (χ1) is 9.34. The summed E-state index contributed by atoms with van der Waals surface area (Å²) in [4.78, 5) is 18.4. The predicted molar refractivity (Wildman–Crippen MR) is 66.8 cm³/mol. The molecule has 106 valence electrons. The molecular formula is C11H7F3N2O2S2. The summed E-state index contributed by atoms with van der Waals surface area (Å²) < 4.78 is 38.1. The van der Waals surface area contributed by atoms with E-state index in [9.17, 15) is 18.0 Å². The van der Waals surface area contributed by atoms with E-state index in [1.165, 1.54) is 11.3 Å². The molecule has 0 saturated heterocycles. The minimum atomic E-state index is -4.42. The normalized spacial score (nSPS) is 11.6. The van der Waals surface area contributed by atoms with Crippen molar-refractivity contribution in [1.82, 2.24) is 9.97 Å². The van der Waals surface area contributed by atoms with Crippen LogP contribution >= 0.6 is 23.1 Å². The maximum Gasteiger partial charge on any atom is 0.416 e. The third-order valence-corrected chi connectivity index (χ3v) is 4.04. The average Bonchev–Trinajstić information content (AvgIpc) is 2.75. The first-order valence-electron chi connectivity index (χ1n) is 5.22. The van der Waals surface area contributed by atoms with E-state index in [-0.39, 0.29) is 11.4 Å². The molecule has 2 rings (SSSR count). The molecule has 2 heterocycles. The molecule has 0 fully saturated rings. The van der Waals surface area contributed by atoms with Gasteiger partial charge in [-0.15, -0.1) is 11.3 Å². The van der Waals surface area contributed by atoms with E-state index in [1.54, 1.807) is 5.38 Å². The maximum absolute atomic E-state index is 12.5. The van der Waals surface area contributed by atoms with Gasteiger partial charge >= 0.3 is 12.1 Å². The molecular weight excluding hydrogens is 313 g/mol. The van der Waals surface area contributed by atoms with Crippen LogP contribution in [0.15, 0.2) is 33.1 Å². The molecule has 0 spiro atoms. The highest BCUT2D eigenvalue weighted by atomic mass is 32.2. The van der Waals surface area contributed by atoms with Crippen LogP contribution in [0.2, 0.25) is 0 Å². The zero-order valence-corrected chi connectivity index (χ0v) is 11.3. The molecule has 2 aromatic rings. The van der Waals surface area contributed by atoms with E-state index in [1.807, 2.05) is 0 Å². The average molecular weight is 320 g/mol. The number of carboxylic acids is 1. The van der Waals surface area contributed by atoms with Crippen LogP contribution in [-0.4, -0.2) is 21.0 Å². The molecule has 2 aromatic heterocycles. The van der Waals surface area contributed by atoms with Crippen molar-refractivity contribution in [2.24, 2.45) is 0 Å². The molecule has 9 heteroatoms. The van der Waals surface area contributed by atoms with E-state index in [4.69, 9.17) is 5.11 Å². The first kappa shape index (κ1) is 14.8. The van der Waals surface area contributed by atoms with Gasteiger partial charge in [-0.1, -0.05) is 0 Å². The Labute approximate surface area is 119 Å². The SMILES string of the molecule is O=C(O)Cc1csc(Sc2cc(C(F)(F)F)ccn2)n1. The van der Waals surface area contributed by atoms with Gasteiger partial charge in [-0.25, -0.2) is 9.97 Å². The molecule has 0 radical (unpaired) electrons.